The van der Waals surface area contributed by atoms with Gasteiger partial charge in [-0.3, -0.25) is 9.69 Å². The van der Waals surface area contributed by atoms with Gasteiger partial charge in [0.05, 0.1) is 18.6 Å². The molecule has 1 fully saturated rings. The minimum atomic E-state index is -3.58. The summed E-state index contributed by atoms with van der Waals surface area (Å²) in [6, 6.07) is 11.2. The number of hydrogen-bond acceptors (Lipinski definition) is 5. The number of piperazine rings is 1. The SMILES string of the molecule is COc1ccc(S(=O)(=O)N2CCN(CC(=O)NCc3ccc(C)c(F)c3)CC2)cc1. The van der Waals surface area contributed by atoms with Crippen molar-refractivity contribution in [1.82, 2.24) is 14.5 Å². The summed E-state index contributed by atoms with van der Waals surface area (Å²) in [5.74, 6) is 0.122. The molecule has 0 saturated carbocycles. The third-order valence-electron chi connectivity index (χ3n) is 5.12. The maximum Gasteiger partial charge on any atom is 0.243 e. The summed E-state index contributed by atoms with van der Waals surface area (Å²) in [4.78, 5) is 14.3. The number of hydrogen-bond donors (Lipinski definition) is 1. The van der Waals surface area contributed by atoms with E-state index in [1.165, 1.54) is 29.6 Å². The first-order valence-electron chi connectivity index (χ1n) is 9.68. The van der Waals surface area contributed by atoms with E-state index in [1.807, 2.05) is 4.90 Å². The second-order valence-corrected chi connectivity index (χ2v) is 9.15. The van der Waals surface area contributed by atoms with E-state index in [9.17, 15) is 17.6 Å². The summed E-state index contributed by atoms with van der Waals surface area (Å²) in [6.45, 7) is 3.65. The van der Waals surface area contributed by atoms with Crippen molar-refractivity contribution in [3.63, 3.8) is 0 Å². The summed E-state index contributed by atoms with van der Waals surface area (Å²) >= 11 is 0. The minimum absolute atomic E-state index is 0.171. The number of halogens is 1. The number of methoxy groups -OCH3 is 1. The molecule has 0 radical (unpaired) electrons. The van der Waals surface area contributed by atoms with Crippen molar-refractivity contribution in [3.8, 4) is 5.75 Å². The predicted molar refractivity (Wildman–Crippen MR) is 111 cm³/mol. The van der Waals surface area contributed by atoms with Gasteiger partial charge in [0.25, 0.3) is 0 Å². The maximum absolute atomic E-state index is 13.6. The molecule has 7 nitrogen and oxygen atoms in total. The number of carbonyl (C=O) groups excluding carboxylic acids is 1. The van der Waals surface area contributed by atoms with Crippen molar-refractivity contribution in [3.05, 3.63) is 59.4 Å². The zero-order chi connectivity index (χ0) is 21.7. The van der Waals surface area contributed by atoms with Crippen LogP contribution in [0.25, 0.3) is 0 Å². The first kappa shape index (κ1) is 22.2. The van der Waals surface area contributed by atoms with Gasteiger partial charge < -0.3 is 10.1 Å². The Morgan fingerprint density at radius 1 is 1.10 bits per heavy atom. The van der Waals surface area contributed by atoms with Gasteiger partial charge >= 0.3 is 0 Å². The molecule has 9 heteroatoms. The Hall–Kier alpha value is -2.49. The Balaban J connectivity index is 1.48. The summed E-state index contributed by atoms with van der Waals surface area (Å²) in [5.41, 5.74) is 1.26. The standard InChI is InChI=1S/C21H26FN3O4S/c1-16-3-4-17(13-20(16)22)14-23-21(26)15-24-9-11-25(12-10-24)30(27,28)19-7-5-18(29-2)6-8-19/h3-8,13H,9-12,14-15H2,1-2H3,(H,23,26). The van der Waals surface area contributed by atoms with Crippen LogP contribution < -0.4 is 10.1 Å². The quantitative estimate of drug-likeness (QED) is 0.717. The van der Waals surface area contributed by atoms with E-state index in [0.717, 1.165) is 0 Å². The lowest BCUT2D eigenvalue weighted by Gasteiger charge is -2.33. The number of ether oxygens (including phenoxy) is 1. The van der Waals surface area contributed by atoms with Crippen molar-refractivity contribution in [2.45, 2.75) is 18.4 Å². The van der Waals surface area contributed by atoms with Gasteiger partial charge in [0, 0.05) is 32.7 Å². The Bertz CT molecular complexity index is 988. The molecular weight excluding hydrogens is 409 g/mol. The molecule has 1 saturated heterocycles. The largest absolute Gasteiger partial charge is 0.497 e. The van der Waals surface area contributed by atoms with E-state index in [4.69, 9.17) is 4.74 Å². The molecule has 0 atom stereocenters. The maximum atomic E-state index is 13.6. The molecule has 1 N–H and O–H groups in total. The fraction of sp³-hybridized carbons (Fsp3) is 0.381. The topological polar surface area (TPSA) is 79.0 Å². The van der Waals surface area contributed by atoms with Crippen LogP contribution in [0.1, 0.15) is 11.1 Å². The first-order chi connectivity index (χ1) is 14.3. The summed E-state index contributed by atoms with van der Waals surface area (Å²) in [6.07, 6.45) is 0. The molecule has 0 bridgehead atoms. The average molecular weight is 436 g/mol. The molecule has 2 aromatic rings. The van der Waals surface area contributed by atoms with Crippen LogP contribution in [0.15, 0.2) is 47.4 Å². The molecule has 0 unspecified atom stereocenters. The highest BCUT2D eigenvalue weighted by Gasteiger charge is 2.29. The zero-order valence-corrected chi connectivity index (χ0v) is 17.9. The fourth-order valence-electron chi connectivity index (χ4n) is 3.23. The second-order valence-electron chi connectivity index (χ2n) is 7.22. The molecular formula is C21H26FN3O4S. The Morgan fingerprint density at radius 2 is 1.77 bits per heavy atom. The lowest BCUT2D eigenvalue weighted by atomic mass is 10.1. The third-order valence-corrected chi connectivity index (χ3v) is 7.03. The average Bonchev–Trinajstić information content (AvgIpc) is 2.75. The molecule has 2 aromatic carbocycles. The predicted octanol–water partition coefficient (Wildman–Crippen LogP) is 1.77. The normalized spacial score (nSPS) is 15.7. The number of nitrogens with zero attached hydrogens (tertiary/aromatic N) is 2. The van der Waals surface area contributed by atoms with Gasteiger partial charge in [-0.2, -0.15) is 4.31 Å². The number of aryl methyl sites for hydroxylation is 1. The van der Waals surface area contributed by atoms with E-state index >= 15 is 0 Å². The number of amides is 1. The van der Waals surface area contributed by atoms with Gasteiger partial charge in [0.15, 0.2) is 0 Å². The van der Waals surface area contributed by atoms with Gasteiger partial charge in [0.2, 0.25) is 15.9 Å². The van der Waals surface area contributed by atoms with E-state index in [2.05, 4.69) is 5.32 Å². The molecule has 0 aromatic heterocycles. The van der Waals surface area contributed by atoms with Crippen molar-refractivity contribution in [2.24, 2.45) is 0 Å². The van der Waals surface area contributed by atoms with Gasteiger partial charge in [-0.15, -0.1) is 0 Å². The Kier molecular flexibility index (Phi) is 7.06. The summed E-state index contributed by atoms with van der Waals surface area (Å²) in [5, 5.41) is 2.78. The van der Waals surface area contributed by atoms with Gasteiger partial charge in [0.1, 0.15) is 11.6 Å². The van der Waals surface area contributed by atoms with Gasteiger partial charge in [-0.05, 0) is 48.4 Å². The Labute approximate surface area is 176 Å². The van der Waals surface area contributed by atoms with Crippen LogP contribution >= 0.6 is 0 Å². The highest BCUT2D eigenvalue weighted by molar-refractivity contribution is 7.89. The lowest BCUT2D eigenvalue weighted by molar-refractivity contribution is -0.122. The van der Waals surface area contributed by atoms with Crippen molar-refractivity contribution >= 4 is 15.9 Å². The highest BCUT2D eigenvalue weighted by Crippen LogP contribution is 2.20. The van der Waals surface area contributed by atoms with E-state index < -0.39 is 10.0 Å². The van der Waals surface area contributed by atoms with Crippen LogP contribution in [0.5, 0.6) is 5.75 Å². The van der Waals surface area contributed by atoms with E-state index in [1.54, 1.807) is 31.2 Å². The van der Waals surface area contributed by atoms with Crippen LogP contribution in [-0.2, 0) is 21.4 Å². The molecule has 3 rings (SSSR count). The highest BCUT2D eigenvalue weighted by atomic mass is 32.2. The van der Waals surface area contributed by atoms with Crippen molar-refractivity contribution in [1.29, 1.82) is 0 Å². The van der Waals surface area contributed by atoms with Crippen LogP contribution in [0.2, 0.25) is 0 Å². The molecule has 1 heterocycles. The number of rotatable bonds is 7. The molecule has 0 spiro atoms. The number of sulfonamides is 1. The van der Waals surface area contributed by atoms with E-state index in [0.29, 0.717) is 43.1 Å². The third kappa shape index (κ3) is 5.35. The van der Waals surface area contributed by atoms with Gasteiger partial charge in [-0.1, -0.05) is 12.1 Å². The van der Waals surface area contributed by atoms with Crippen molar-refractivity contribution in [2.75, 3.05) is 39.8 Å². The summed E-state index contributed by atoms with van der Waals surface area (Å²) in [7, 11) is -2.05. The molecule has 1 aliphatic heterocycles. The van der Waals surface area contributed by atoms with Crippen LogP contribution in [0.4, 0.5) is 4.39 Å². The van der Waals surface area contributed by atoms with E-state index in [-0.39, 0.29) is 29.7 Å². The lowest BCUT2D eigenvalue weighted by Crippen LogP contribution is -2.50. The number of benzene rings is 2. The second kappa shape index (κ2) is 9.55. The molecule has 30 heavy (non-hydrogen) atoms. The molecule has 0 aliphatic carbocycles. The first-order valence-corrected chi connectivity index (χ1v) is 11.1. The molecule has 162 valence electrons. The number of nitrogens with one attached hydrogen (secondary N) is 1. The van der Waals surface area contributed by atoms with Crippen LogP contribution in [-0.4, -0.2) is 63.4 Å². The molecule has 1 aliphatic rings. The van der Waals surface area contributed by atoms with Crippen molar-refractivity contribution < 1.29 is 22.3 Å². The van der Waals surface area contributed by atoms with Crippen LogP contribution in [0.3, 0.4) is 0 Å². The minimum Gasteiger partial charge on any atom is -0.497 e. The fourth-order valence-corrected chi connectivity index (χ4v) is 4.65. The van der Waals surface area contributed by atoms with Crippen LogP contribution in [0, 0.1) is 12.7 Å². The monoisotopic (exact) mass is 435 g/mol. The zero-order valence-electron chi connectivity index (χ0n) is 17.1. The van der Waals surface area contributed by atoms with Gasteiger partial charge in [-0.25, -0.2) is 12.8 Å². The summed E-state index contributed by atoms with van der Waals surface area (Å²) < 4.78 is 45.7. The number of carbonyl (C=O) groups is 1. The Morgan fingerprint density at radius 3 is 2.37 bits per heavy atom. The smallest absolute Gasteiger partial charge is 0.243 e. The molecule has 1 amide bonds.